The van der Waals surface area contributed by atoms with Crippen molar-refractivity contribution in [3.8, 4) is 22.6 Å². The van der Waals surface area contributed by atoms with Crippen molar-refractivity contribution in [1.82, 2.24) is 5.32 Å². The Morgan fingerprint density at radius 2 is 2.00 bits per heavy atom. The highest BCUT2D eigenvalue weighted by Crippen LogP contribution is 2.51. The lowest BCUT2D eigenvalue weighted by Crippen LogP contribution is -2.31. The van der Waals surface area contributed by atoms with Crippen LogP contribution in [0.25, 0.3) is 11.1 Å². The largest absolute Gasteiger partial charge is 0.506 e. The fraction of sp³-hybridized carbons (Fsp3) is 0.480. The monoisotopic (exact) mass is 393 g/mol. The van der Waals surface area contributed by atoms with E-state index in [1.54, 1.807) is 0 Å². The van der Waals surface area contributed by atoms with Crippen LogP contribution in [0, 0.1) is 6.92 Å². The van der Waals surface area contributed by atoms with Gasteiger partial charge in [0.05, 0.1) is 11.1 Å². The van der Waals surface area contributed by atoms with E-state index in [0.717, 1.165) is 60.8 Å². The highest BCUT2D eigenvalue weighted by Gasteiger charge is 2.37. The molecule has 1 heterocycles. The molecule has 1 saturated carbocycles. The van der Waals surface area contributed by atoms with E-state index in [9.17, 15) is 9.90 Å². The normalized spacial score (nSPS) is 16.6. The van der Waals surface area contributed by atoms with Gasteiger partial charge in [0, 0.05) is 11.6 Å². The maximum absolute atomic E-state index is 13.0. The van der Waals surface area contributed by atoms with Crippen molar-refractivity contribution >= 4 is 5.91 Å². The van der Waals surface area contributed by atoms with Gasteiger partial charge in [-0.1, -0.05) is 43.5 Å². The number of aromatic hydroxyl groups is 1. The molecule has 0 atom stereocenters. The third-order valence-corrected chi connectivity index (χ3v) is 5.99. The van der Waals surface area contributed by atoms with Gasteiger partial charge < -0.3 is 15.2 Å². The third-order valence-electron chi connectivity index (χ3n) is 5.99. The van der Waals surface area contributed by atoms with Crippen LogP contribution in [0.5, 0.6) is 11.5 Å². The van der Waals surface area contributed by atoms with Crippen molar-refractivity contribution in [2.24, 2.45) is 0 Å². The predicted molar refractivity (Wildman–Crippen MR) is 116 cm³/mol. The molecule has 4 heteroatoms. The molecule has 0 bridgehead atoms. The molecule has 1 fully saturated rings. The lowest BCUT2D eigenvalue weighted by molar-refractivity contribution is 0.0945. The zero-order valence-electron chi connectivity index (χ0n) is 17.9. The summed E-state index contributed by atoms with van der Waals surface area (Å²) >= 11 is 0. The van der Waals surface area contributed by atoms with E-state index in [2.05, 4.69) is 30.4 Å². The molecular formula is C25H31NO3. The van der Waals surface area contributed by atoms with E-state index in [1.807, 2.05) is 26.8 Å². The number of phenolic OH excluding ortho intramolecular Hbond substituents is 1. The Bertz CT molecular complexity index is 957. The van der Waals surface area contributed by atoms with Crippen molar-refractivity contribution < 1.29 is 14.6 Å². The number of ether oxygens (including phenoxy) is 1. The van der Waals surface area contributed by atoms with Gasteiger partial charge >= 0.3 is 0 Å². The molecule has 0 radical (unpaired) electrons. The van der Waals surface area contributed by atoms with Gasteiger partial charge in [0.25, 0.3) is 5.91 Å². The number of hydrogen-bond donors (Lipinski definition) is 2. The number of unbranched alkanes of at least 4 members (excludes halogenated alkanes) is 2. The van der Waals surface area contributed by atoms with Crippen molar-refractivity contribution in [1.29, 1.82) is 0 Å². The number of rotatable bonds is 6. The molecule has 1 aliphatic carbocycles. The molecule has 0 aromatic heterocycles. The summed E-state index contributed by atoms with van der Waals surface area (Å²) in [5, 5.41) is 14.4. The number of carbonyl (C=O) groups excluding carboxylic acids is 1. The Morgan fingerprint density at radius 1 is 1.24 bits per heavy atom. The van der Waals surface area contributed by atoms with Gasteiger partial charge in [0.15, 0.2) is 0 Å². The highest BCUT2D eigenvalue weighted by molar-refractivity contribution is 6.02. The Kier molecular flexibility index (Phi) is 5.05. The minimum atomic E-state index is -0.499. The number of carbonyl (C=O) groups is 1. The first-order chi connectivity index (χ1) is 13.8. The molecule has 0 spiro atoms. The van der Waals surface area contributed by atoms with Crippen LogP contribution in [0.4, 0.5) is 0 Å². The molecule has 2 aromatic carbocycles. The van der Waals surface area contributed by atoms with Crippen LogP contribution in [0.1, 0.15) is 79.9 Å². The van der Waals surface area contributed by atoms with Crippen LogP contribution in [-0.2, 0) is 12.0 Å². The fourth-order valence-corrected chi connectivity index (χ4v) is 4.26. The fourth-order valence-electron chi connectivity index (χ4n) is 4.26. The molecule has 0 unspecified atom stereocenters. The lowest BCUT2D eigenvalue weighted by Gasteiger charge is -2.36. The van der Waals surface area contributed by atoms with Crippen molar-refractivity contribution in [2.45, 2.75) is 77.9 Å². The van der Waals surface area contributed by atoms with Gasteiger partial charge in [-0.15, -0.1) is 0 Å². The Hall–Kier alpha value is -2.49. The van der Waals surface area contributed by atoms with Crippen LogP contribution in [0.15, 0.2) is 24.3 Å². The number of benzene rings is 2. The summed E-state index contributed by atoms with van der Waals surface area (Å²) in [6, 6.07) is 8.43. The molecule has 4 rings (SSSR count). The maximum Gasteiger partial charge on any atom is 0.255 e. The molecule has 1 aliphatic heterocycles. The number of phenols is 1. The first-order valence-electron chi connectivity index (χ1n) is 10.8. The van der Waals surface area contributed by atoms with E-state index in [4.69, 9.17) is 4.74 Å². The van der Waals surface area contributed by atoms with Crippen molar-refractivity contribution in [2.75, 3.05) is 0 Å². The van der Waals surface area contributed by atoms with E-state index in [-0.39, 0.29) is 17.7 Å². The molecular weight excluding hydrogens is 362 g/mol. The van der Waals surface area contributed by atoms with E-state index < -0.39 is 5.60 Å². The van der Waals surface area contributed by atoms with Gasteiger partial charge in [-0.3, -0.25) is 4.79 Å². The van der Waals surface area contributed by atoms with Crippen LogP contribution >= 0.6 is 0 Å². The summed E-state index contributed by atoms with van der Waals surface area (Å²) in [6.45, 7) is 8.30. The second-order valence-electron chi connectivity index (χ2n) is 9.00. The van der Waals surface area contributed by atoms with Gasteiger partial charge in [0.1, 0.15) is 17.1 Å². The smallest absolute Gasteiger partial charge is 0.255 e. The maximum atomic E-state index is 13.0. The summed E-state index contributed by atoms with van der Waals surface area (Å²) in [5.74, 6) is 0.549. The van der Waals surface area contributed by atoms with E-state index >= 15 is 0 Å². The van der Waals surface area contributed by atoms with E-state index in [1.165, 1.54) is 0 Å². The first kappa shape index (κ1) is 19.8. The van der Waals surface area contributed by atoms with Gasteiger partial charge in [-0.05, 0) is 63.6 Å². The van der Waals surface area contributed by atoms with Gasteiger partial charge in [-0.2, -0.15) is 0 Å². The Balaban J connectivity index is 1.88. The second kappa shape index (κ2) is 7.40. The molecule has 0 saturated heterocycles. The topological polar surface area (TPSA) is 58.6 Å². The molecule has 29 heavy (non-hydrogen) atoms. The van der Waals surface area contributed by atoms with E-state index in [0.29, 0.717) is 16.9 Å². The number of hydrogen-bond acceptors (Lipinski definition) is 3. The Labute approximate surface area is 173 Å². The van der Waals surface area contributed by atoms with Gasteiger partial charge in [-0.25, -0.2) is 0 Å². The summed E-state index contributed by atoms with van der Waals surface area (Å²) in [4.78, 5) is 13.0. The molecule has 4 nitrogen and oxygen atoms in total. The average molecular weight is 394 g/mol. The third kappa shape index (κ3) is 3.73. The van der Waals surface area contributed by atoms with Gasteiger partial charge in [0.2, 0.25) is 0 Å². The SMILES string of the molecule is CCCCCc1cc2c(c(O)c1C(=O)NC1CC1)-c1cc(C)ccc1C(C)(C)O2. The number of nitrogens with one attached hydrogen (secondary N) is 1. The van der Waals surface area contributed by atoms with Crippen molar-refractivity contribution in [3.63, 3.8) is 0 Å². The average Bonchev–Trinajstić information content (AvgIpc) is 3.44. The van der Waals surface area contributed by atoms with Crippen LogP contribution in [0.3, 0.4) is 0 Å². The zero-order chi connectivity index (χ0) is 20.8. The minimum absolute atomic E-state index is 0.0505. The quantitative estimate of drug-likeness (QED) is 0.626. The highest BCUT2D eigenvalue weighted by atomic mass is 16.5. The zero-order valence-corrected chi connectivity index (χ0v) is 17.9. The first-order valence-corrected chi connectivity index (χ1v) is 10.8. The summed E-state index contributed by atoms with van der Waals surface area (Å²) in [6.07, 6.45) is 5.97. The van der Waals surface area contributed by atoms with Crippen molar-refractivity contribution in [3.05, 3.63) is 46.5 Å². The number of amides is 1. The molecule has 1 amide bonds. The second-order valence-corrected chi connectivity index (χ2v) is 9.00. The Morgan fingerprint density at radius 3 is 2.69 bits per heavy atom. The summed E-state index contributed by atoms with van der Waals surface area (Å²) in [5.41, 5.74) is 4.53. The molecule has 2 aliphatic rings. The lowest BCUT2D eigenvalue weighted by atomic mass is 9.83. The number of aryl methyl sites for hydroxylation is 2. The number of fused-ring (bicyclic) bond motifs is 3. The molecule has 2 N–H and O–H groups in total. The summed E-state index contributed by atoms with van der Waals surface area (Å²) < 4.78 is 6.35. The molecule has 154 valence electrons. The van der Waals surface area contributed by atoms with Crippen LogP contribution < -0.4 is 10.1 Å². The van der Waals surface area contributed by atoms with Crippen LogP contribution in [-0.4, -0.2) is 17.1 Å². The van der Waals surface area contributed by atoms with Crippen LogP contribution in [0.2, 0.25) is 0 Å². The minimum Gasteiger partial charge on any atom is -0.506 e. The predicted octanol–water partition coefficient (Wildman–Crippen LogP) is 5.62. The molecule has 2 aromatic rings. The standard InChI is InChI=1S/C25H31NO3/c1-5-6-7-8-16-14-20-22(23(27)21(16)24(28)26-17-10-11-17)18-13-15(2)9-12-19(18)25(3,4)29-20/h9,12-14,17,27H,5-8,10-11H2,1-4H3,(H,26,28). The summed E-state index contributed by atoms with van der Waals surface area (Å²) in [7, 11) is 0.